The van der Waals surface area contributed by atoms with Gasteiger partial charge in [0.2, 0.25) is 5.91 Å². The van der Waals surface area contributed by atoms with Gasteiger partial charge in [-0.3, -0.25) is 9.36 Å². The molecule has 1 N–H and O–H groups in total. The standard InChI is InChI=1S/C22H27F3N4O2S/c23-22(24,25)16-7-3-8-17(12-16)29-19(13-26-20(30)11-15-5-1-2-6-15)27-28-21(29)32-14-18-9-4-10-31-18/h3,7-8,12,15,18H,1-2,4-6,9-11,13-14H2,(H,26,30)/t18-/m0/s1. The Bertz CT molecular complexity index is 922. The highest BCUT2D eigenvalue weighted by molar-refractivity contribution is 7.99. The van der Waals surface area contributed by atoms with Gasteiger partial charge in [-0.1, -0.05) is 30.7 Å². The third kappa shape index (κ3) is 5.83. The van der Waals surface area contributed by atoms with E-state index in [0.29, 0.717) is 34.8 Å². The Morgan fingerprint density at radius 2 is 2.00 bits per heavy atom. The highest BCUT2D eigenvalue weighted by Gasteiger charge is 2.31. The van der Waals surface area contributed by atoms with E-state index in [9.17, 15) is 18.0 Å². The quantitative estimate of drug-likeness (QED) is 0.566. The normalized spacial score (nSPS) is 19.5. The molecule has 1 aromatic carbocycles. The number of ether oxygens (including phenoxy) is 1. The summed E-state index contributed by atoms with van der Waals surface area (Å²) in [7, 11) is 0. The van der Waals surface area contributed by atoms with Gasteiger partial charge in [0.1, 0.15) is 0 Å². The third-order valence-corrected chi connectivity index (χ3v) is 7.01. The van der Waals surface area contributed by atoms with E-state index < -0.39 is 11.7 Å². The number of carbonyl (C=O) groups is 1. The summed E-state index contributed by atoms with van der Waals surface area (Å²) in [5.74, 6) is 1.39. The van der Waals surface area contributed by atoms with Crippen LogP contribution in [-0.4, -0.2) is 39.1 Å². The van der Waals surface area contributed by atoms with Crippen molar-refractivity contribution >= 4 is 17.7 Å². The highest BCUT2D eigenvalue weighted by atomic mass is 32.2. The molecule has 2 fully saturated rings. The molecule has 0 bridgehead atoms. The van der Waals surface area contributed by atoms with E-state index in [-0.39, 0.29) is 18.6 Å². The number of nitrogens with one attached hydrogen (secondary N) is 1. The van der Waals surface area contributed by atoms with Gasteiger partial charge in [0.05, 0.1) is 23.9 Å². The first-order valence-electron chi connectivity index (χ1n) is 11.0. The fraction of sp³-hybridized carbons (Fsp3) is 0.591. The molecule has 10 heteroatoms. The SMILES string of the molecule is O=C(CC1CCCC1)NCc1nnc(SC[C@@H]2CCCO2)n1-c1cccc(C(F)(F)F)c1. The van der Waals surface area contributed by atoms with Crippen LogP contribution in [-0.2, 0) is 22.3 Å². The second kappa shape index (κ2) is 10.2. The van der Waals surface area contributed by atoms with Crippen molar-refractivity contribution in [2.24, 2.45) is 5.92 Å². The van der Waals surface area contributed by atoms with Gasteiger partial charge in [-0.05, 0) is 49.8 Å². The van der Waals surface area contributed by atoms with E-state index in [0.717, 1.165) is 57.3 Å². The number of nitrogens with zero attached hydrogens (tertiary/aromatic N) is 3. The molecule has 174 valence electrons. The number of benzene rings is 1. The molecular formula is C22H27F3N4O2S. The summed E-state index contributed by atoms with van der Waals surface area (Å²) in [6, 6.07) is 5.09. The van der Waals surface area contributed by atoms with Crippen molar-refractivity contribution in [3.05, 3.63) is 35.7 Å². The number of carbonyl (C=O) groups excluding carboxylic acids is 1. The van der Waals surface area contributed by atoms with Crippen LogP contribution in [0.25, 0.3) is 5.69 Å². The Balaban J connectivity index is 1.53. The molecule has 2 aliphatic rings. The molecule has 0 radical (unpaired) electrons. The molecule has 2 aromatic rings. The summed E-state index contributed by atoms with van der Waals surface area (Å²) < 4.78 is 47.1. The summed E-state index contributed by atoms with van der Waals surface area (Å²) >= 11 is 1.40. The van der Waals surface area contributed by atoms with Crippen LogP contribution >= 0.6 is 11.8 Å². The molecule has 32 heavy (non-hydrogen) atoms. The van der Waals surface area contributed by atoms with Crippen molar-refractivity contribution in [1.82, 2.24) is 20.1 Å². The Kier molecular flexibility index (Phi) is 7.40. The summed E-state index contributed by atoms with van der Waals surface area (Å²) in [6.07, 6.45) is 2.53. The van der Waals surface area contributed by atoms with Crippen LogP contribution in [0.1, 0.15) is 56.3 Å². The Morgan fingerprint density at radius 1 is 1.19 bits per heavy atom. The average Bonchev–Trinajstić information content (AvgIpc) is 3.52. The zero-order valence-corrected chi connectivity index (χ0v) is 18.6. The molecule has 0 unspecified atom stereocenters. The molecule has 2 heterocycles. The van der Waals surface area contributed by atoms with Gasteiger partial charge in [0.25, 0.3) is 0 Å². The van der Waals surface area contributed by atoms with Gasteiger partial charge in [-0.15, -0.1) is 10.2 Å². The van der Waals surface area contributed by atoms with Crippen LogP contribution in [0.15, 0.2) is 29.4 Å². The monoisotopic (exact) mass is 468 g/mol. The lowest BCUT2D eigenvalue weighted by atomic mass is 10.0. The molecule has 1 atom stereocenters. The van der Waals surface area contributed by atoms with E-state index >= 15 is 0 Å². The van der Waals surface area contributed by atoms with E-state index in [1.165, 1.54) is 17.8 Å². The average molecular weight is 469 g/mol. The zero-order valence-electron chi connectivity index (χ0n) is 17.7. The summed E-state index contributed by atoms with van der Waals surface area (Å²) in [5.41, 5.74) is -0.422. The molecule has 1 saturated carbocycles. The molecule has 6 nitrogen and oxygen atoms in total. The number of thioether (sulfide) groups is 1. The number of halogens is 3. The first-order valence-corrected chi connectivity index (χ1v) is 12.0. The first-order chi connectivity index (χ1) is 15.4. The van der Waals surface area contributed by atoms with Gasteiger partial charge in [-0.25, -0.2) is 0 Å². The Hall–Kier alpha value is -2.07. The van der Waals surface area contributed by atoms with Crippen molar-refractivity contribution in [3.63, 3.8) is 0 Å². The Labute approximate surface area is 189 Å². The number of alkyl halides is 3. The maximum absolute atomic E-state index is 13.3. The lowest BCUT2D eigenvalue weighted by Crippen LogP contribution is -2.26. The maximum Gasteiger partial charge on any atom is 0.416 e. The molecule has 1 aliphatic heterocycles. The van der Waals surface area contributed by atoms with Crippen LogP contribution in [0.5, 0.6) is 0 Å². The van der Waals surface area contributed by atoms with Crippen molar-refractivity contribution in [1.29, 1.82) is 0 Å². The lowest BCUT2D eigenvalue weighted by molar-refractivity contribution is -0.137. The van der Waals surface area contributed by atoms with Crippen molar-refractivity contribution in [2.45, 2.75) is 68.9 Å². The first kappa shape index (κ1) is 23.1. The van der Waals surface area contributed by atoms with Gasteiger partial charge in [0.15, 0.2) is 11.0 Å². The van der Waals surface area contributed by atoms with Crippen LogP contribution in [0, 0.1) is 5.92 Å². The van der Waals surface area contributed by atoms with Gasteiger partial charge >= 0.3 is 6.18 Å². The minimum absolute atomic E-state index is 0.0657. The fourth-order valence-corrected chi connectivity index (χ4v) is 5.30. The van der Waals surface area contributed by atoms with E-state index in [4.69, 9.17) is 4.74 Å². The largest absolute Gasteiger partial charge is 0.416 e. The van der Waals surface area contributed by atoms with Gasteiger partial charge < -0.3 is 10.1 Å². The predicted molar refractivity (Wildman–Crippen MR) is 114 cm³/mol. The zero-order chi connectivity index (χ0) is 22.6. The van der Waals surface area contributed by atoms with Crippen LogP contribution in [0.2, 0.25) is 0 Å². The topological polar surface area (TPSA) is 69.0 Å². The minimum atomic E-state index is -4.45. The van der Waals surface area contributed by atoms with E-state index in [2.05, 4.69) is 15.5 Å². The highest BCUT2D eigenvalue weighted by Crippen LogP contribution is 2.32. The second-order valence-corrected chi connectivity index (χ2v) is 9.35. The fourth-order valence-electron chi connectivity index (χ4n) is 4.26. The van der Waals surface area contributed by atoms with Crippen LogP contribution in [0.4, 0.5) is 13.2 Å². The molecule has 0 spiro atoms. The molecule has 1 saturated heterocycles. The van der Waals surface area contributed by atoms with E-state index in [1.807, 2.05) is 0 Å². The summed E-state index contributed by atoms with van der Waals surface area (Å²) in [5, 5.41) is 11.8. The predicted octanol–water partition coefficient (Wildman–Crippen LogP) is 4.75. The summed E-state index contributed by atoms with van der Waals surface area (Å²) in [6.45, 7) is 0.832. The molecule has 4 rings (SSSR count). The van der Waals surface area contributed by atoms with E-state index in [1.54, 1.807) is 10.6 Å². The number of aromatic nitrogens is 3. The molecular weight excluding hydrogens is 441 g/mol. The van der Waals surface area contributed by atoms with Crippen LogP contribution < -0.4 is 5.32 Å². The number of hydrogen-bond donors (Lipinski definition) is 1. The second-order valence-electron chi connectivity index (χ2n) is 8.36. The molecule has 1 aliphatic carbocycles. The summed E-state index contributed by atoms with van der Waals surface area (Å²) in [4.78, 5) is 12.4. The van der Waals surface area contributed by atoms with Crippen molar-refractivity contribution in [2.75, 3.05) is 12.4 Å². The van der Waals surface area contributed by atoms with Crippen molar-refractivity contribution < 1.29 is 22.7 Å². The molecule has 1 aromatic heterocycles. The van der Waals surface area contributed by atoms with Crippen molar-refractivity contribution in [3.8, 4) is 5.69 Å². The smallest absolute Gasteiger partial charge is 0.377 e. The molecule has 1 amide bonds. The minimum Gasteiger partial charge on any atom is -0.377 e. The van der Waals surface area contributed by atoms with Crippen LogP contribution in [0.3, 0.4) is 0 Å². The van der Waals surface area contributed by atoms with Gasteiger partial charge in [0, 0.05) is 18.8 Å². The number of amides is 1. The third-order valence-electron chi connectivity index (χ3n) is 5.95. The maximum atomic E-state index is 13.3. The number of rotatable bonds is 8. The Morgan fingerprint density at radius 3 is 2.72 bits per heavy atom. The van der Waals surface area contributed by atoms with Gasteiger partial charge in [-0.2, -0.15) is 13.2 Å². The number of hydrogen-bond acceptors (Lipinski definition) is 5. The lowest BCUT2D eigenvalue weighted by Gasteiger charge is -2.15.